The molecule has 0 aromatic carbocycles. The number of hydrogen-bond acceptors (Lipinski definition) is 3. The van der Waals surface area contributed by atoms with Crippen LogP contribution >= 0.6 is 11.8 Å². The van der Waals surface area contributed by atoms with E-state index >= 15 is 0 Å². The van der Waals surface area contributed by atoms with Crippen LogP contribution in [0.2, 0.25) is 0 Å². The Hall–Kier alpha value is -1.17. The molecule has 1 fully saturated rings. The van der Waals surface area contributed by atoms with Crippen LogP contribution in [0.3, 0.4) is 0 Å². The van der Waals surface area contributed by atoms with Crippen LogP contribution in [-0.2, 0) is 4.79 Å². The molecule has 1 aliphatic heterocycles. The minimum absolute atomic E-state index is 0.0866. The SMILES string of the molecule is C=CCNC(=O)CN=C(N)N1CCSCC1. The van der Waals surface area contributed by atoms with Gasteiger partial charge in [-0.05, 0) is 0 Å². The van der Waals surface area contributed by atoms with Crippen LogP contribution in [0.25, 0.3) is 0 Å². The third kappa shape index (κ3) is 4.57. The lowest BCUT2D eigenvalue weighted by atomic mass is 10.5. The van der Waals surface area contributed by atoms with E-state index in [1.807, 2.05) is 16.7 Å². The number of amides is 1. The first-order chi connectivity index (χ1) is 7.74. The number of nitrogens with two attached hydrogens (primary N) is 1. The molecule has 1 saturated heterocycles. The normalized spacial score (nSPS) is 17.0. The van der Waals surface area contributed by atoms with Gasteiger partial charge >= 0.3 is 0 Å². The van der Waals surface area contributed by atoms with Crippen molar-refractivity contribution in [3.8, 4) is 0 Å². The van der Waals surface area contributed by atoms with Crippen LogP contribution in [0.1, 0.15) is 0 Å². The number of aliphatic imine (C=N–C) groups is 1. The Morgan fingerprint density at radius 1 is 1.56 bits per heavy atom. The second-order valence-corrected chi connectivity index (χ2v) is 4.59. The lowest BCUT2D eigenvalue weighted by molar-refractivity contribution is -0.119. The van der Waals surface area contributed by atoms with Gasteiger partial charge in [0.2, 0.25) is 5.91 Å². The summed E-state index contributed by atoms with van der Waals surface area (Å²) in [5.74, 6) is 2.47. The van der Waals surface area contributed by atoms with E-state index in [1.54, 1.807) is 6.08 Å². The van der Waals surface area contributed by atoms with Gasteiger partial charge in [-0.15, -0.1) is 6.58 Å². The van der Waals surface area contributed by atoms with E-state index < -0.39 is 0 Å². The second kappa shape index (κ2) is 7.16. The predicted octanol–water partition coefficient (Wildman–Crippen LogP) is -0.348. The quantitative estimate of drug-likeness (QED) is 0.402. The minimum Gasteiger partial charge on any atom is -0.370 e. The van der Waals surface area contributed by atoms with Gasteiger partial charge in [-0.3, -0.25) is 4.79 Å². The maximum Gasteiger partial charge on any atom is 0.242 e. The number of carbonyl (C=O) groups excluding carboxylic acids is 1. The monoisotopic (exact) mass is 242 g/mol. The summed E-state index contributed by atoms with van der Waals surface area (Å²) < 4.78 is 0. The van der Waals surface area contributed by atoms with E-state index in [0.29, 0.717) is 12.5 Å². The third-order valence-electron chi connectivity index (χ3n) is 2.16. The average Bonchev–Trinajstić information content (AvgIpc) is 2.34. The highest BCUT2D eigenvalue weighted by Gasteiger charge is 2.12. The summed E-state index contributed by atoms with van der Waals surface area (Å²) in [6, 6.07) is 0. The average molecular weight is 242 g/mol. The highest BCUT2D eigenvalue weighted by molar-refractivity contribution is 7.99. The molecule has 90 valence electrons. The first kappa shape index (κ1) is 12.9. The molecule has 0 aromatic rings. The Morgan fingerprint density at radius 3 is 2.88 bits per heavy atom. The number of guanidine groups is 1. The zero-order valence-corrected chi connectivity index (χ0v) is 10.1. The number of thioether (sulfide) groups is 1. The fourth-order valence-electron chi connectivity index (χ4n) is 1.29. The van der Waals surface area contributed by atoms with E-state index in [4.69, 9.17) is 5.73 Å². The van der Waals surface area contributed by atoms with Gasteiger partial charge in [-0.25, -0.2) is 4.99 Å². The van der Waals surface area contributed by atoms with E-state index in [1.165, 1.54) is 0 Å². The second-order valence-electron chi connectivity index (χ2n) is 3.37. The summed E-state index contributed by atoms with van der Waals surface area (Å²) >= 11 is 1.91. The molecule has 1 aliphatic rings. The predicted molar refractivity (Wildman–Crippen MR) is 68.6 cm³/mol. The van der Waals surface area contributed by atoms with Crippen LogP contribution in [-0.4, -0.2) is 54.5 Å². The molecular formula is C10H18N4OS. The number of carbonyl (C=O) groups is 1. The highest BCUT2D eigenvalue weighted by atomic mass is 32.2. The summed E-state index contributed by atoms with van der Waals surface area (Å²) in [4.78, 5) is 17.3. The zero-order valence-electron chi connectivity index (χ0n) is 9.32. The van der Waals surface area contributed by atoms with Crippen molar-refractivity contribution in [1.29, 1.82) is 0 Å². The summed E-state index contributed by atoms with van der Waals surface area (Å²) in [5.41, 5.74) is 5.79. The Labute approximate surface area is 100 Å². The molecule has 0 aromatic heterocycles. The van der Waals surface area contributed by atoms with E-state index in [0.717, 1.165) is 24.6 Å². The van der Waals surface area contributed by atoms with E-state index in [9.17, 15) is 4.79 Å². The molecule has 0 radical (unpaired) electrons. The van der Waals surface area contributed by atoms with Crippen molar-refractivity contribution in [2.24, 2.45) is 10.7 Å². The van der Waals surface area contributed by atoms with E-state index in [-0.39, 0.29) is 12.5 Å². The van der Waals surface area contributed by atoms with E-state index in [2.05, 4.69) is 16.9 Å². The van der Waals surface area contributed by atoms with Crippen molar-refractivity contribution in [3.63, 3.8) is 0 Å². The van der Waals surface area contributed by atoms with Gasteiger partial charge < -0.3 is 16.0 Å². The molecule has 0 unspecified atom stereocenters. The minimum atomic E-state index is -0.130. The van der Waals surface area contributed by atoms with Crippen molar-refractivity contribution in [3.05, 3.63) is 12.7 Å². The van der Waals surface area contributed by atoms with Crippen LogP contribution in [0.4, 0.5) is 0 Å². The summed E-state index contributed by atoms with van der Waals surface area (Å²) in [6.45, 7) is 5.89. The first-order valence-corrected chi connectivity index (χ1v) is 6.39. The molecule has 5 nitrogen and oxygen atoms in total. The van der Waals surface area contributed by atoms with Crippen molar-refractivity contribution in [2.45, 2.75) is 0 Å². The zero-order chi connectivity index (χ0) is 11.8. The van der Waals surface area contributed by atoms with Gasteiger partial charge in [0, 0.05) is 31.1 Å². The number of nitrogens with one attached hydrogen (secondary N) is 1. The Bertz CT molecular complexity index is 274. The van der Waals surface area contributed by atoms with Gasteiger partial charge in [-0.2, -0.15) is 11.8 Å². The summed E-state index contributed by atoms with van der Waals surface area (Å²) in [5, 5.41) is 2.65. The molecule has 1 amide bonds. The third-order valence-corrected chi connectivity index (χ3v) is 3.11. The Morgan fingerprint density at radius 2 is 2.25 bits per heavy atom. The van der Waals surface area contributed by atoms with Gasteiger partial charge in [0.05, 0.1) is 0 Å². The van der Waals surface area contributed by atoms with Gasteiger partial charge in [0.15, 0.2) is 5.96 Å². The molecule has 0 aliphatic carbocycles. The molecule has 0 saturated carbocycles. The Kier molecular flexibility index (Phi) is 5.77. The summed E-state index contributed by atoms with van der Waals surface area (Å²) in [7, 11) is 0. The number of hydrogen-bond donors (Lipinski definition) is 2. The van der Waals surface area contributed by atoms with Crippen molar-refractivity contribution in [2.75, 3.05) is 37.7 Å². The van der Waals surface area contributed by atoms with Crippen LogP contribution in [0, 0.1) is 0 Å². The molecule has 16 heavy (non-hydrogen) atoms. The van der Waals surface area contributed by atoms with Gasteiger partial charge in [0.25, 0.3) is 0 Å². The molecule has 0 spiro atoms. The molecule has 3 N–H and O–H groups in total. The fraction of sp³-hybridized carbons (Fsp3) is 0.600. The molecule has 1 rings (SSSR count). The number of rotatable bonds is 4. The van der Waals surface area contributed by atoms with Crippen molar-refractivity contribution in [1.82, 2.24) is 10.2 Å². The smallest absolute Gasteiger partial charge is 0.242 e. The summed E-state index contributed by atoms with van der Waals surface area (Å²) in [6.07, 6.45) is 1.63. The topological polar surface area (TPSA) is 70.7 Å². The maximum absolute atomic E-state index is 11.2. The molecule has 0 atom stereocenters. The molecule has 1 heterocycles. The van der Waals surface area contributed by atoms with Crippen molar-refractivity contribution < 1.29 is 4.79 Å². The molecular weight excluding hydrogens is 224 g/mol. The number of nitrogens with zero attached hydrogens (tertiary/aromatic N) is 2. The lowest BCUT2D eigenvalue weighted by Crippen LogP contribution is -2.43. The van der Waals surface area contributed by atoms with Crippen LogP contribution < -0.4 is 11.1 Å². The fourth-order valence-corrected chi connectivity index (χ4v) is 2.19. The van der Waals surface area contributed by atoms with Gasteiger partial charge in [0.1, 0.15) is 6.54 Å². The molecule has 0 bridgehead atoms. The first-order valence-electron chi connectivity index (χ1n) is 5.24. The standard InChI is InChI=1S/C10H18N4OS/c1-2-3-12-9(15)8-13-10(11)14-4-6-16-7-5-14/h2H,1,3-8H2,(H2,11,13)(H,12,15). The van der Waals surface area contributed by atoms with Crippen LogP contribution in [0.5, 0.6) is 0 Å². The largest absolute Gasteiger partial charge is 0.370 e. The highest BCUT2D eigenvalue weighted by Crippen LogP contribution is 2.08. The van der Waals surface area contributed by atoms with Crippen LogP contribution in [0.15, 0.2) is 17.6 Å². The van der Waals surface area contributed by atoms with Gasteiger partial charge in [-0.1, -0.05) is 6.08 Å². The maximum atomic E-state index is 11.2. The Balaban J connectivity index is 2.31. The molecule has 6 heteroatoms. The lowest BCUT2D eigenvalue weighted by Gasteiger charge is -2.27. The van der Waals surface area contributed by atoms with Crippen molar-refractivity contribution >= 4 is 23.6 Å².